The van der Waals surface area contributed by atoms with Crippen LogP contribution in [0.15, 0.2) is 35.9 Å². The van der Waals surface area contributed by atoms with Gasteiger partial charge in [-0.2, -0.15) is 0 Å². The number of nitrogens with one attached hydrogen (secondary N) is 2. The van der Waals surface area contributed by atoms with Crippen molar-refractivity contribution in [1.82, 2.24) is 15.5 Å². The third kappa shape index (κ3) is 5.80. The Bertz CT molecular complexity index is 1710. The molecule has 2 saturated carbocycles. The van der Waals surface area contributed by atoms with Crippen LogP contribution in [0.2, 0.25) is 0 Å². The summed E-state index contributed by atoms with van der Waals surface area (Å²) < 4.78 is 5.82. The van der Waals surface area contributed by atoms with Crippen LogP contribution in [0.3, 0.4) is 0 Å². The van der Waals surface area contributed by atoms with E-state index >= 15 is 0 Å². The number of aliphatic hydroxyl groups is 3. The molecule has 258 valence electrons. The van der Waals surface area contributed by atoms with E-state index in [-0.39, 0.29) is 42.3 Å². The van der Waals surface area contributed by atoms with E-state index in [4.69, 9.17) is 10.5 Å². The molecule has 2 unspecified atom stereocenters. The van der Waals surface area contributed by atoms with Crippen molar-refractivity contribution in [1.29, 1.82) is 0 Å². The zero-order chi connectivity index (χ0) is 35.5. The third-order valence-electron chi connectivity index (χ3n) is 9.57. The van der Waals surface area contributed by atoms with E-state index in [1.165, 1.54) is 6.07 Å². The summed E-state index contributed by atoms with van der Waals surface area (Å²) >= 11 is 0. The fourth-order valence-corrected chi connectivity index (χ4v) is 7.62. The summed E-state index contributed by atoms with van der Waals surface area (Å²) in [5, 5.41) is 51.3. The van der Waals surface area contributed by atoms with Crippen LogP contribution >= 0.6 is 0 Å². The zero-order valence-corrected chi connectivity index (χ0v) is 28.0. The van der Waals surface area contributed by atoms with Gasteiger partial charge in [0.1, 0.15) is 23.2 Å². The Hall–Kier alpha value is -4.46. The minimum atomic E-state index is -2.73. The number of nitrogens with zero attached hydrogens (tertiary/aromatic N) is 1. The normalized spacial score (nSPS) is 26.8. The first kappa shape index (κ1) is 34.9. The first-order valence-electron chi connectivity index (χ1n) is 16.0. The van der Waals surface area contributed by atoms with Crippen molar-refractivity contribution in [2.24, 2.45) is 23.5 Å². The number of carbonyl (C=O) groups is 4. The molecule has 0 aliphatic heterocycles. The lowest BCUT2D eigenvalue weighted by Gasteiger charge is -2.53. The first-order valence-corrected chi connectivity index (χ1v) is 16.0. The second kappa shape index (κ2) is 12.5. The van der Waals surface area contributed by atoms with Crippen LogP contribution < -0.4 is 21.1 Å². The van der Waals surface area contributed by atoms with Gasteiger partial charge < -0.3 is 46.4 Å². The molecule has 0 saturated heterocycles. The van der Waals surface area contributed by atoms with Crippen molar-refractivity contribution in [3.05, 3.63) is 52.6 Å². The van der Waals surface area contributed by atoms with Crippen LogP contribution in [-0.2, 0) is 27.3 Å². The number of phenolic OH excluding ortho intramolecular Hbond substituents is 1. The van der Waals surface area contributed by atoms with E-state index in [2.05, 4.69) is 10.6 Å². The highest BCUT2D eigenvalue weighted by Gasteiger charge is 2.67. The van der Waals surface area contributed by atoms with E-state index in [0.29, 0.717) is 34.6 Å². The molecule has 13 heteroatoms. The largest absolute Gasteiger partial charge is 0.507 e. The van der Waals surface area contributed by atoms with Crippen molar-refractivity contribution >= 4 is 29.3 Å². The van der Waals surface area contributed by atoms with Gasteiger partial charge in [0.15, 0.2) is 11.4 Å². The number of primary amides is 1. The molecule has 2 aromatic rings. The Morgan fingerprint density at radius 2 is 1.81 bits per heavy atom. The lowest BCUT2D eigenvalue weighted by Crippen LogP contribution is -2.73. The van der Waals surface area contributed by atoms with Crippen LogP contribution in [-0.4, -0.2) is 92.8 Å². The maximum atomic E-state index is 14.1. The second-order valence-corrected chi connectivity index (χ2v) is 14.1. The molecule has 0 aromatic heterocycles. The number of amides is 3. The molecule has 48 heavy (non-hydrogen) atoms. The molecule has 6 atom stereocenters. The SMILES string of the molecule is CCOc1ccc(-c2ccc(O)c3c2C[C@@H]2C[C@@H]4[C@@H](N(C)C)C(O)C(C(N)=O)C(=O)[C@]4(O)C(=O)C2=C3O)cc1CNC(=O)NC(C)(C)C. The van der Waals surface area contributed by atoms with Crippen molar-refractivity contribution in [2.75, 3.05) is 20.7 Å². The van der Waals surface area contributed by atoms with E-state index in [1.54, 1.807) is 31.1 Å². The predicted octanol–water partition coefficient (Wildman–Crippen LogP) is 1.79. The van der Waals surface area contributed by atoms with Gasteiger partial charge in [-0.15, -0.1) is 0 Å². The van der Waals surface area contributed by atoms with Crippen LogP contribution in [0.25, 0.3) is 16.9 Å². The Kier molecular flexibility index (Phi) is 9.10. The maximum absolute atomic E-state index is 14.1. The first-order chi connectivity index (χ1) is 22.4. The fourth-order valence-electron chi connectivity index (χ4n) is 7.62. The van der Waals surface area contributed by atoms with Gasteiger partial charge in [0.2, 0.25) is 11.7 Å². The van der Waals surface area contributed by atoms with Gasteiger partial charge in [-0.25, -0.2) is 4.79 Å². The molecule has 13 nitrogen and oxygen atoms in total. The standard InChI is InChI=1S/C35H44N4O9/c1-7-48-23-11-8-16(12-18(23)15-37-33(46)38-34(2,3)4)19-9-10-22(40)25-20(19)13-17-14-21-27(39(5)6)29(42)26(32(36)45)31(44)35(21,47)30(43)24(17)28(25)41/h8-12,17,21,26-27,29,40-42,47H,7,13-15H2,1-6H3,(H2,36,45)(H2,37,38,46)/t17-,21-,26?,27-,29?,35-/m1/s1. The monoisotopic (exact) mass is 664 g/mol. The minimum absolute atomic E-state index is 0.00818. The summed E-state index contributed by atoms with van der Waals surface area (Å²) in [5.41, 5.74) is 4.61. The van der Waals surface area contributed by atoms with Crippen molar-refractivity contribution in [3.63, 3.8) is 0 Å². The lowest BCUT2D eigenvalue weighted by molar-refractivity contribution is -0.184. The highest BCUT2D eigenvalue weighted by molar-refractivity contribution is 6.25. The van der Waals surface area contributed by atoms with E-state index in [1.807, 2.05) is 39.8 Å². The molecule has 5 rings (SSSR count). The van der Waals surface area contributed by atoms with Gasteiger partial charge in [-0.1, -0.05) is 12.1 Å². The number of ketones is 2. The highest BCUT2D eigenvalue weighted by atomic mass is 16.5. The van der Waals surface area contributed by atoms with E-state index in [0.717, 1.165) is 0 Å². The molecular formula is C35H44N4O9. The number of aromatic hydroxyl groups is 1. The average Bonchev–Trinajstić information content (AvgIpc) is 2.97. The number of urea groups is 1. The van der Waals surface area contributed by atoms with Crippen LogP contribution in [0.4, 0.5) is 4.79 Å². The summed E-state index contributed by atoms with van der Waals surface area (Å²) in [5.74, 6) is -7.41. The number of fused-ring (bicyclic) bond motifs is 3. The van der Waals surface area contributed by atoms with Gasteiger partial charge in [0.25, 0.3) is 0 Å². The molecule has 3 aliphatic carbocycles. The number of carbonyl (C=O) groups excluding carboxylic acids is 4. The number of hydrogen-bond acceptors (Lipinski definition) is 10. The van der Waals surface area contributed by atoms with Gasteiger partial charge in [-0.05, 0) is 95.4 Å². The smallest absolute Gasteiger partial charge is 0.315 e. The van der Waals surface area contributed by atoms with Crippen molar-refractivity contribution in [2.45, 2.75) is 70.4 Å². The van der Waals surface area contributed by atoms with E-state index < -0.39 is 64.3 Å². The summed E-state index contributed by atoms with van der Waals surface area (Å²) in [6, 6.07) is 7.18. The predicted molar refractivity (Wildman–Crippen MR) is 176 cm³/mol. The maximum Gasteiger partial charge on any atom is 0.315 e. The summed E-state index contributed by atoms with van der Waals surface area (Å²) in [6.45, 7) is 8.00. The summed E-state index contributed by atoms with van der Waals surface area (Å²) in [6.07, 6.45) is -1.41. The van der Waals surface area contributed by atoms with Gasteiger partial charge >= 0.3 is 6.03 Å². The third-order valence-corrected chi connectivity index (χ3v) is 9.57. The quantitative estimate of drug-likeness (QED) is 0.213. The molecule has 3 aliphatic rings. The molecular weight excluding hydrogens is 620 g/mol. The fraction of sp³-hybridized carbons (Fsp3) is 0.486. The van der Waals surface area contributed by atoms with Gasteiger partial charge in [0, 0.05) is 35.2 Å². The van der Waals surface area contributed by atoms with Gasteiger partial charge in [0.05, 0.1) is 18.3 Å². The zero-order valence-electron chi connectivity index (χ0n) is 28.0. The molecule has 2 aromatic carbocycles. The number of nitrogens with two attached hydrogens (primary N) is 1. The molecule has 8 N–H and O–H groups in total. The van der Waals surface area contributed by atoms with Crippen LogP contribution in [0, 0.1) is 17.8 Å². The number of likely N-dealkylation sites (N-methyl/N-ethyl adjacent to an activating group) is 1. The molecule has 0 spiro atoms. The Balaban J connectivity index is 1.60. The minimum Gasteiger partial charge on any atom is -0.507 e. The van der Waals surface area contributed by atoms with Crippen LogP contribution in [0.1, 0.15) is 50.8 Å². The van der Waals surface area contributed by atoms with E-state index in [9.17, 15) is 39.6 Å². The molecule has 0 radical (unpaired) electrons. The number of rotatable bonds is 7. The number of aliphatic hydroxyl groups excluding tert-OH is 2. The van der Waals surface area contributed by atoms with Crippen molar-refractivity contribution in [3.8, 4) is 22.6 Å². The second-order valence-electron chi connectivity index (χ2n) is 14.1. The number of phenols is 1. The molecule has 2 fully saturated rings. The molecule has 0 bridgehead atoms. The van der Waals surface area contributed by atoms with Crippen LogP contribution in [0.5, 0.6) is 11.5 Å². The Labute approximate surface area is 278 Å². The number of benzene rings is 2. The highest BCUT2D eigenvalue weighted by Crippen LogP contribution is 2.53. The summed E-state index contributed by atoms with van der Waals surface area (Å²) in [4.78, 5) is 54.1. The number of Topliss-reactive ketones (excluding diaryl/α,β-unsaturated/α-hetero) is 2. The number of ether oxygens (including phenoxy) is 1. The Morgan fingerprint density at radius 3 is 2.42 bits per heavy atom. The lowest BCUT2D eigenvalue weighted by atomic mass is 9.54. The average molecular weight is 665 g/mol. The van der Waals surface area contributed by atoms with Crippen molar-refractivity contribution < 1.29 is 44.3 Å². The topological polar surface area (TPSA) is 212 Å². The number of hydrogen-bond donors (Lipinski definition) is 7. The molecule has 3 amide bonds. The molecule has 0 heterocycles. The Morgan fingerprint density at radius 1 is 1.12 bits per heavy atom. The summed E-state index contributed by atoms with van der Waals surface area (Å²) in [7, 11) is 3.21. The van der Waals surface area contributed by atoms with Gasteiger partial charge in [-0.3, -0.25) is 14.4 Å².